The van der Waals surface area contributed by atoms with Crippen LogP contribution in [0.3, 0.4) is 0 Å². The minimum atomic E-state index is -1.68. The number of nitro benzene ring substituents is 1. The molecule has 1 saturated carbocycles. The fourth-order valence-electron chi connectivity index (χ4n) is 8.87. The number of allylic oxidation sites excluding steroid dienone is 2. The average Bonchev–Trinajstić information content (AvgIpc) is 3.53. The van der Waals surface area contributed by atoms with E-state index in [0.29, 0.717) is 27.5 Å². The first kappa shape index (κ1) is 34.0. The Kier molecular flexibility index (Phi) is 8.06. The number of hydrazine groups is 1. The smallest absolute Gasteiger partial charge is 0.269 e. The van der Waals surface area contributed by atoms with Gasteiger partial charge in [-0.25, -0.2) is 4.39 Å². The summed E-state index contributed by atoms with van der Waals surface area (Å²) in [5.74, 6) is -7.25. The molecule has 3 fully saturated rings. The first-order chi connectivity index (χ1) is 25.4. The van der Waals surface area contributed by atoms with Crippen LogP contribution in [0.5, 0.6) is 11.5 Å². The van der Waals surface area contributed by atoms with Gasteiger partial charge < -0.3 is 9.84 Å². The summed E-state index contributed by atoms with van der Waals surface area (Å²) in [6.07, 6.45) is 1.95. The Morgan fingerprint density at radius 3 is 2.26 bits per heavy atom. The number of rotatable bonds is 7. The highest BCUT2D eigenvalue weighted by molar-refractivity contribution is 6.30. The number of nitro groups is 1. The molecule has 2 aliphatic heterocycles. The average molecular weight is 737 g/mol. The number of fused-ring (bicyclic) bond motifs is 4. The van der Waals surface area contributed by atoms with E-state index in [1.165, 1.54) is 61.7 Å². The number of amides is 4. The van der Waals surface area contributed by atoms with Crippen molar-refractivity contribution in [3.63, 3.8) is 0 Å². The summed E-state index contributed by atoms with van der Waals surface area (Å²) in [6.45, 7) is 0. The molecule has 4 aromatic carbocycles. The number of phenols is 1. The maximum absolute atomic E-state index is 15.2. The van der Waals surface area contributed by atoms with E-state index in [4.69, 9.17) is 16.3 Å². The maximum atomic E-state index is 15.2. The Balaban J connectivity index is 1.31. The molecule has 0 bridgehead atoms. The van der Waals surface area contributed by atoms with E-state index in [-0.39, 0.29) is 35.7 Å². The molecule has 0 radical (unpaired) electrons. The standard InChI is InChI=1S/C39H30ClFN4O8/c1-53-26-14-15-28(32(46)18-26)34-27-16-17-29-33(37(49)43(35(29)47)24-10-12-25(13-11-24)45(51)52)30(27)19-31-36(48)44(42-23-8-6-22(41)7-9-23)38(50)39(31,34)20-2-4-21(40)5-3-20/h2-16,18,29-31,33-34,42,46H,17,19H2,1H3. The third-order valence-corrected chi connectivity index (χ3v) is 11.4. The third-order valence-electron chi connectivity index (χ3n) is 11.1. The van der Waals surface area contributed by atoms with Crippen molar-refractivity contribution >= 4 is 52.3 Å². The summed E-state index contributed by atoms with van der Waals surface area (Å²) in [7, 11) is 1.44. The van der Waals surface area contributed by atoms with Crippen molar-refractivity contribution in [3.05, 3.63) is 135 Å². The van der Waals surface area contributed by atoms with Crippen LogP contribution in [0.1, 0.15) is 29.9 Å². The summed E-state index contributed by atoms with van der Waals surface area (Å²) in [5.41, 5.74) is 2.80. The van der Waals surface area contributed by atoms with Crippen LogP contribution in [0, 0.1) is 39.6 Å². The Morgan fingerprint density at radius 1 is 0.925 bits per heavy atom. The van der Waals surface area contributed by atoms with Crippen molar-refractivity contribution in [2.75, 3.05) is 17.4 Å². The number of halogens is 2. The van der Waals surface area contributed by atoms with Crippen LogP contribution in [0.2, 0.25) is 5.02 Å². The minimum absolute atomic E-state index is 0.0116. The van der Waals surface area contributed by atoms with E-state index in [0.717, 1.165) is 9.91 Å². The number of hydrogen-bond donors (Lipinski definition) is 2. The number of non-ortho nitro benzene ring substituents is 1. The summed E-state index contributed by atoms with van der Waals surface area (Å²) in [5, 5.41) is 24.2. The molecule has 14 heteroatoms. The zero-order valence-corrected chi connectivity index (χ0v) is 28.7. The van der Waals surface area contributed by atoms with Crippen molar-refractivity contribution in [3.8, 4) is 11.5 Å². The Bertz CT molecular complexity index is 2250. The molecule has 2 heterocycles. The quantitative estimate of drug-likeness (QED) is 0.0962. The summed E-state index contributed by atoms with van der Waals surface area (Å²) < 4.78 is 19.2. The van der Waals surface area contributed by atoms with Crippen molar-refractivity contribution in [2.45, 2.75) is 24.2 Å². The summed E-state index contributed by atoms with van der Waals surface area (Å²) >= 11 is 6.33. The number of methoxy groups -OCH3 is 1. The first-order valence-corrected chi connectivity index (χ1v) is 17.2. The molecule has 4 aromatic rings. The van der Waals surface area contributed by atoms with Gasteiger partial charge in [0.05, 0.1) is 46.6 Å². The lowest BCUT2D eigenvalue weighted by atomic mass is 9.49. The lowest BCUT2D eigenvalue weighted by molar-refractivity contribution is -0.384. The van der Waals surface area contributed by atoms with Crippen LogP contribution in [-0.2, 0) is 24.6 Å². The van der Waals surface area contributed by atoms with Gasteiger partial charge in [-0.2, -0.15) is 5.01 Å². The number of carbonyl (C=O) groups is 4. The van der Waals surface area contributed by atoms with E-state index in [9.17, 15) is 34.0 Å². The van der Waals surface area contributed by atoms with E-state index in [1.54, 1.807) is 36.4 Å². The zero-order valence-electron chi connectivity index (χ0n) is 27.9. The normalized spacial score (nSPS) is 26.2. The highest BCUT2D eigenvalue weighted by Gasteiger charge is 2.70. The van der Waals surface area contributed by atoms with Gasteiger partial charge >= 0.3 is 0 Å². The molecule has 2 saturated heterocycles. The molecular weight excluding hydrogens is 707 g/mol. The summed E-state index contributed by atoms with van der Waals surface area (Å²) in [6, 6.07) is 21.5. The molecule has 2 N–H and O–H groups in total. The van der Waals surface area contributed by atoms with Crippen LogP contribution in [0.25, 0.3) is 0 Å². The number of imide groups is 2. The highest BCUT2D eigenvalue weighted by Crippen LogP contribution is 2.65. The van der Waals surface area contributed by atoms with Crippen molar-refractivity contribution in [2.24, 2.45) is 23.7 Å². The van der Waals surface area contributed by atoms with Crippen molar-refractivity contribution < 1.29 is 38.3 Å². The van der Waals surface area contributed by atoms with Crippen LogP contribution in [0.4, 0.5) is 21.5 Å². The lowest BCUT2D eigenvalue weighted by Gasteiger charge is -2.50. The van der Waals surface area contributed by atoms with Gasteiger partial charge in [0.15, 0.2) is 0 Å². The second-order valence-electron chi connectivity index (χ2n) is 13.6. The molecule has 0 spiro atoms. The predicted molar refractivity (Wildman–Crippen MR) is 189 cm³/mol. The SMILES string of the molecule is COc1ccc(C2C3=CCC4C(=O)N(c5ccc([N+](=O)[O-])cc5)C(=O)C4C3CC3C(=O)N(Nc4ccc(F)cc4)C(=O)C32c2ccc(Cl)cc2)c(O)c1. The van der Waals surface area contributed by atoms with Gasteiger partial charge in [0, 0.05) is 34.7 Å². The number of benzene rings is 4. The maximum Gasteiger partial charge on any atom is 0.269 e. The zero-order chi connectivity index (χ0) is 37.3. The second-order valence-corrected chi connectivity index (χ2v) is 14.0. The van der Waals surface area contributed by atoms with Gasteiger partial charge in [-0.05, 0) is 78.9 Å². The number of nitrogens with one attached hydrogen (secondary N) is 1. The Morgan fingerprint density at radius 2 is 1.62 bits per heavy atom. The van der Waals surface area contributed by atoms with Gasteiger partial charge in [0.2, 0.25) is 11.8 Å². The lowest BCUT2D eigenvalue weighted by Crippen LogP contribution is -2.53. The molecular formula is C39H30ClFN4O8. The topological polar surface area (TPSA) is 159 Å². The largest absolute Gasteiger partial charge is 0.508 e. The number of ether oxygens (including phenoxy) is 1. The number of anilines is 2. The fraction of sp³-hybridized carbons (Fsp3) is 0.231. The first-order valence-electron chi connectivity index (χ1n) is 16.8. The Labute approximate surface area is 306 Å². The number of aromatic hydroxyl groups is 1. The fourth-order valence-corrected chi connectivity index (χ4v) is 9.00. The number of carbonyl (C=O) groups excluding carboxylic acids is 4. The van der Waals surface area contributed by atoms with Gasteiger partial charge in [0.25, 0.3) is 17.5 Å². The van der Waals surface area contributed by atoms with E-state index in [2.05, 4.69) is 5.43 Å². The van der Waals surface area contributed by atoms with Crippen molar-refractivity contribution in [1.82, 2.24) is 5.01 Å². The molecule has 2 aliphatic carbocycles. The molecule has 6 unspecified atom stereocenters. The molecule has 53 heavy (non-hydrogen) atoms. The molecule has 0 aromatic heterocycles. The molecule has 268 valence electrons. The third kappa shape index (κ3) is 5.09. The van der Waals surface area contributed by atoms with E-state index < -0.39 is 69.4 Å². The molecule has 6 atom stereocenters. The number of nitrogens with zero attached hydrogens (tertiary/aromatic N) is 3. The van der Waals surface area contributed by atoms with Gasteiger partial charge in [-0.15, -0.1) is 0 Å². The van der Waals surface area contributed by atoms with Gasteiger partial charge in [-0.3, -0.25) is 39.6 Å². The van der Waals surface area contributed by atoms with Gasteiger partial charge in [-0.1, -0.05) is 41.4 Å². The van der Waals surface area contributed by atoms with E-state index >= 15 is 4.79 Å². The number of phenolic OH excluding ortho intramolecular Hbond substituents is 1. The highest BCUT2D eigenvalue weighted by atomic mass is 35.5. The summed E-state index contributed by atoms with van der Waals surface area (Å²) in [4.78, 5) is 70.1. The van der Waals surface area contributed by atoms with Crippen molar-refractivity contribution in [1.29, 1.82) is 0 Å². The van der Waals surface area contributed by atoms with Crippen LogP contribution < -0.4 is 15.1 Å². The molecule has 4 amide bonds. The minimum Gasteiger partial charge on any atom is -0.508 e. The second kappa shape index (κ2) is 12.6. The predicted octanol–water partition coefficient (Wildman–Crippen LogP) is 6.29. The molecule has 8 rings (SSSR count). The van der Waals surface area contributed by atoms with Crippen LogP contribution in [0.15, 0.2) is 103 Å². The Hall–Kier alpha value is -6.08. The van der Waals surface area contributed by atoms with Gasteiger partial charge in [0.1, 0.15) is 17.3 Å². The molecule has 12 nitrogen and oxygen atoms in total. The van der Waals surface area contributed by atoms with Crippen LogP contribution in [-0.4, -0.2) is 45.8 Å². The van der Waals surface area contributed by atoms with E-state index in [1.807, 2.05) is 6.08 Å². The monoisotopic (exact) mass is 736 g/mol. The molecule has 4 aliphatic rings. The van der Waals surface area contributed by atoms with Crippen LogP contribution >= 0.6 is 11.6 Å². The number of hydrogen-bond acceptors (Lipinski definition) is 9.